The van der Waals surface area contributed by atoms with Crippen LogP contribution in [0.2, 0.25) is 0 Å². The van der Waals surface area contributed by atoms with Crippen LogP contribution in [0.5, 0.6) is 17.4 Å². The summed E-state index contributed by atoms with van der Waals surface area (Å²) in [6, 6.07) is 3.86. The number of alkyl halides is 3. The molecule has 3 heterocycles. The highest BCUT2D eigenvalue weighted by Gasteiger charge is 2.38. The lowest BCUT2D eigenvalue weighted by Gasteiger charge is -2.30. The first-order chi connectivity index (χ1) is 16.2. The van der Waals surface area contributed by atoms with E-state index in [1.807, 2.05) is 0 Å². The van der Waals surface area contributed by atoms with E-state index >= 15 is 0 Å². The maximum atomic E-state index is 13.2. The largest absolute Gasteiger partial charge is 0.507 e. The van der Waals surface area contributed by atoms with E-state index < -0.39 is 35.8 Å². The first kappa shape index (κ1) is 21.7. The molecule has 176 valence electrons. The number of benzene rings is 1. The molecule has 34 heavy (non-hydrogen) atoms. The molecule has 10 nitrogen and oxygen atoms in total. The maximum Gasteiger partial charge on any atom is 0.437 e. The van der Waals surface area contributed by atoms with Crippen LogP contribution in [0.15, 0.2) is 47.6 Å². The number of aliphatic hydroxyl groups excluding tert-OH is 1. The van der Waals surface area contributed by atoms with Gasteiger partial charge in [0, 0.05) is 31.3 Å². The minimum Gasteiger partial charge on any atom is -0.507 e. The molecule has 1 aliphatic rings. The summed E-state index contributed by atoms with van der Waals surface area (Å²) in [5.41, 5.74) is -1.44. The van der Waals surface area contributed by atoms with E-state index in [0.717, 1.165) is 6.26 Å². The highest BCUT2D eigenvalue weighted by molar-refractivity contribution is 5.92. The Morgan fingerprint density at radius 2 is 2.03 bits per heavy atom. The summed E-state index contributed by atoms with van der Waals surface area (Å²) in [7, 11) is 0. The van der Waals surface area contributed by atoms with Crippen LogP contribution in [-0.4, -0.2) is 47.9 Å². The van der Waals surface area contributed by atoms with Crippen LogP contribution in [-0.2, 0) is 10.9 Å². The van der Waals surface area contributed by atoms with Crippen molar-refractivity contribution in [3.63, 3.8) is 0 Å². The van der Waals surface area contributed by atoms with Gasteiger partial charge in [0.2, 0.25) is 5.65 Å². The molecule has 4 aromatic rings. The normalized spacial score (nSPS) is 18.0. The third-order valence-corrected chi connectivity index (χ3v) is 5.26. The highest BCUT2D eigenvalue weighted by atomic mass is 19.4. The molecular formula is C21H15F3N4O6. The van der Waals surface area contributed by atoms with Crippen LogP contribution in [0, 0.1) is 0 Å². The monoisotopic (exact) mass is 476 g/mol. The van der Waals surface area contributed by atoms with E-state index in [2.05, 4.69) is 19.6 Å². The number of aromatic nitrogens is 4. The van der Waals surface area contributed by atoms with E-state index in [-0.39, 0.29) is 34.1 Å². The Kier molecular flexibility index (Phi) is 5.12. The molecular weight excluding hydrogens is 461 g/mol. The molecule has 0 saturated heterocycles. The number of hydrogen-bond acceptors (Lipinski definition) is 9. The molecule has 2 N–H and O–H groups in total. The van der Waals surface area contributed by atoms with Gasteiger partial charge in [-0.1, -0.05) is 5.16 Å². The van der Waals surface area contributed by atoms with Gasteiger partial charge in [0.1, 0.15) is 29.4 Å². The number of ether oxygens (including phenoxy) is 2. The summed E-state index contributed by atoms with van der Waals surface area (Å²) in [5.74, 6) is -1.11. The Hall–Kier alpha value is -4.13. The van der Waals surface area contributed by atoms with Crippen LogP contribution in [0.25, 0.3) is 16.9 Å². The summed E-state index contributed by atoms with van der Waals surface area (Å²) in [4.78, 5) is 20.4. The molecule has 0 amide bonds. The van der Waals surface area contributed by atoms with Gasteiger partial charge in [0.05, 0.1) is 23.6 Å². The van der Waals surface area contributed by atoms with E-state index in [4.69, 9.17) is 9.47 Å². The third kappa shape index (κ3) is 3.90. The fourth-order valence-corrected chi connectivity index (χ4v) is 3.50. The summed E-state index contributed by atoms with van der Waals surface area (Å²) < 4.78 is 56.4. The number of esters is 1. The average Bonchev–Trinajstić information content (AvgIpc) is 3.40. The number of carbonyl (C=O) groups is 1. The van der Waals surface area contributed by atoms with Gasteiger partial charge in [-0.2, -0.15) is 13.2 Å². The quantitative estimate of drug-likeness (QED) is 0.415. The van der Waals surface area contributed by atoms with Gasteiger partial charge in [-0.3, -0.25) is 4.40 Å². The van der Waals surface area contributed by atoms with Crippen molar-refractivity contribution in [1.29, 1.82) is 0 Å². The van der Waals surface area contributed by atoms with Crippen molar-refractivity contribution in [2.45, 2.75) is 31.2 Å². The lowest BCUT2D eigenvalue weighted by atomic mass is 9.92. The Bertz CT molecular complexity index is 1380. The molecule has 0 unspecified atom stereocenters. The standard InChI is InChI=1S/C21H15F3N4O6/c22-21(23,24)17-14(9-32-27-17)15-8-26-18-19(25-3-4-28(15)18)33-11-1-2-13(16(30)7-11)20(31)34-12-5-10(29)6-12/h1-4,7-10,12,29-30H,5-6H2. The number of phenols is 1. The first-order valence-electron chi connectivity index (χ1n) is 9.94. The predicted octanol–water partition coefficient (Wildman–Crippen LogP) is 3.58. The van der Waals surface area contributed by atoms with Gasteiger partial charge < -0.3 is 24.2 Å². The minimum atomic E-state index is -4.72. The molecule has 0 aliphatic heterocycles. The zero-order chi connectivity index (χ0) is 24.0. The van der Waals surface area contributed by atoms with Gasteiger partial charge in [-0.25, -0.2) is 14.8 Å². The zero-order valence-electron chi connectivity index (χ0n) is 17.1. The van der Waals surface area contributed by atoms with Gasteiger partial charge >= 0.3 is 12.1 Å². The van der Waals surface area contributed by atoms with E-state index in [0.29, 0.717) is 12.8 Å². The Morgan fingerprint density at radius 3 is 2.74 bits per heavy atom. The molecule has 1 aromatic carbocycles. The number of nitrogens with zero attached hydrogens (tertiary/aromatic N) is 4. The number of rotatable bonds is 5. The Morgan fingerprint density at radius 1 is 1.24 bits per heavy atom. The van der Waals surface area contributed by atoms with Gasteiger partial charge in [0.15, 0.2) is 5.69 Å². The molecule has 1 fully saturated rings. The predicted molar refractivity (Wildman–Crippen MR) is 106 cm³/mol. The Labute approximate surface area is 188 Å². The van der Waals surface area contributed by atoms with Crippen LogP contribution >= 0.6 is 0 Å². The van der Waals surface area contributed by atoms with Crippen molar-refractivity contribution in [3.8, 4) is 28.6 Å². The summed E-state index contributed by atoms with van der Waals surface area (Å²) in [6.07, 6.45) is -0.184. The van der Waals surface area contributed by atoms with E-state index in [9.17, 15) is 28.2 Å². The number of imidazole rings is 1. The number of fused-ring (bicyclic) bond motifs is 1. The lowest BCUT2D eigenvalue weighted by molar-refractivity contribution is -0.142. The molecule has 1 saturated carbocycles. The second kappa shape index (κ2) is 8.02. The average molecular weight is 476 g/mol. The maximum absolute atomic E-state index is 13.2. The van der Waals surface area contributed by atoms with Crippen molar-refractivity contribution < 1.29 is 42.2 Å². The van der Waals surface area contributed by atoms with Crippen LogP contribution in [0.1, 0.15) is 28.9 Å². The Balaban J connectivity index is 1.40. The fourth-order valence-electron chi connectivity index (χ4n) is 3.50. The molecule has 0 radical (unpaired) electrons. The van der Waals surface area contributed by atoms with E-state index in [1.54, 1.807) is 0 Å². The number of hydrogen-bond donors (Lipinski definition) is 2. The lowest BCUT2D eigenvalue weighted by Crippen LogP contribution is -2.36. The molecule has 5 rings (SSSR count). The number of carbonyl (C=O) groups excluding carboxylic acids is 1. The third-order valence-electron chi connectivity index (χ3n) is 5.26. The minimum absolute atomic E-state index is 0.0536. The summed E-state index contributed by atoms with van der Waals surface area (Å²) >= 11 is 0. The SMILES string of the molecule is O=C(OC1CC(O)C1)c1ccc(Oc2nccn3c(-c4conc4C(F)(F)F)cnc23)cc1O. The zero-order valence-corrected chi connectivity index (χ0v) is 17.1. The fraction of sp³-hybridized carbons (Fsp3) is 0.238. The van der Waals surface area contributed by atoms with Gasteiger partial charge in [0.25, 0.3) is 5.88 Å². The second-order valence-electron chi connectivity index (χ2n) is 7.58. The topological polar surface area (TPSA) is 132 Å². The molecule has 0 atom stereocenters. The van der Waals surface area contributed by atoms with Gasteiger partial charge in [-0.05, 0) is 12.1 Å². The summed E-state index contributed by atoms with van der Waals surface area (Å²) in [6.45, 7) is 0. The smallest absolute Gasteiger partial charge is 0.437 e. The van der Waals surface area contributed by atoms with Crippen molar-refractivity contribution in [1.82, 2.24) is 19.5 Å². The number of halogens is 3. The van der Waals surface area contributed by atoms with Crippen molar-refractivity contribution in [3.05, 3.63) is 54.3 Å². The van der Waals surface area contributed by atoms with Crippen LogP contribution in [0.3, 0.4) is 0 Å². The summed E-state index contributed by atoms with van der Waals surface area (Å²) in [5, 5.41) is 22.6. The van der Waals surface area contributed by atoms with Crippen molar-refractivity contribution in [2.75, 3.05) is 0 Å². The van der Waals surface area contributed by atoms with Crippen LogP contribution in [0.4, 0.5) is 13.2 Å². The molecule has 13 heteroatoms. The molecule has 0 spiro atoms. The number of phenolic OH excluding ortho intramolecular Hbond substituents is 1. The first-order valence-corrected chi connectivity index (χ1v) is 9.94. The molecule has 1 aliphatic carbocycles. The van der Waals surface area contributed by atoms with Gasteiger partial charge in [-0.15, -0.1) is 0 Å². The number of aromatic hydroxyl groups is 1. The molecule has 0 bridgehead atoms. The molecule has 3 aromatic heterocycles. The number of aliphatic hydroxyl groups is 1. The van der Waals surface area contributed by atoms with E-state index in [1.165, 1.54) is 41.2 Å². The van der Waals surface area contributed by atoms with Crippen molar-refractivity contribution in [2.24, 2.45) is 0 Å². The van der Waals surface area contributed by atoms with Crippen molar-refractivity contribution >= 4 is 11.6 Å². The highest BCUT2D eigenvalue weighted by Crippen LogP contribution is 2.37. The second-order valence-corrected chi connectivity index (χ2v) is 7.58. The van der Waals surface area contributed by atoms with Crippen LogP contribution < -0.4 is 4.74 Å².